The quantitative estimate of drug-likeness (QED) is 0.209. The average Bonchev–Trinajstić information content (AvgIpc) is 3.21. The van der Waals surface area contributed by atoms with Gasteiger partial charge in [-0.05, 0) is 67.8 Å². The van der Waals surface area contributed by atoms with Crippen LogP contribution < -0.4 is 25.4 Å². The van der Waals surface area contributed by atoms with Crippen LogP contribution >= 0.6 is 11.6 Å². The number of urea groups is 1. The molecule has 0 spiro atoms. The highest BCUT2D eigenvalue weighted by Gasteiger charge is 2.35. The minimum absolute atomic E-state index is 0.0357. The molecule has 218 valence electrons. The van der Waals surface area contributed by atoms with Gasteiger partial charge in [0.1, 0.15) is 12.2 Å². The van der Waals surface area contributed by atoms with Crippen LogP contribution in [0.15, 0.2) is 66.4 Å². The van der Waals surface area contributed by atoms with Gasteiger partial charge in [0.15, 0.2) is 18.1 Å². The van der Waals surface area contributed by atoms with Crippen LogP contribution in [0.5, 0.6) is 11.5 Å². The summed E-state index contributed by atoms with van der Waals surface area (Å²) >= 11 is 6.48. The van der Waals surface area contributed by atoms with E-state index in [-0.39, 0.29) is 41.3 Å². The molecule has 1 aliphatic rings. The predicted octanol–water partition coefficient (Wildman–Crippen LogP) is 5.16. The van der Waals surface area contributed by atoms with E-state index in [9.17, 15) is 19.2 Å². The number of halogens is 1. The Morgan fingerprint density at radius 3 is 2.43 bits per heavy atom. The Morgan fingerprint density at radius 1 is 0.976 bits per heavy atom. The number of aryl methyl sites for hydroxylation is 2. The molecule has 1 saturated heterocycles. The normalized spacial score (nSPS) is 13.6. The Morgan fingerprint density at radius 2 is 1.71 bits per heavy atom. The van der Waals surface area contributed by atoms with Crippen molar-refractivity contribution in [2.24, 2.45) is 0 Å². The van der Waals surface area contributed by atoms with Gasteiger partial charge in [-0.1, -0.05) is 54.4 Å². The molecule has 1 fully saturated rings. The number of rotatable bonds is 11. The fourth-order valence-corrected chi connectivity index (χ4v) is 4.49. The van der Waals surface area contributed by atoms with Crippen molar-refractivity contribution in [1.82, 2.24) is 10.2 Å². The van der Waals surface area contributed by atoms with Crippen molar-refractivity contribution in [2.45, 2.75) is 27.2 Å². The largest absolute Gasteiger partial charge is 0.490 e. The van der Waals surface area contributed by atoms with Crippen molar-refractivity contribution in [3.05, 3.63) is 88.1 Å². The lowest BCUT2D eigenvalue weighted by Crippen LogP contribution is -2.38. The fourth-order valence-electron chi connectivity index (χ4n) is 4.21. The van der Waals surface area contributed by atoms with Gasteiger partial charge in [0.05, 0.1) is 11.6 Å². The van der Waals surface area contributed by atoms with E-state index in [1.54, 1.807) is 37.3 Å². The number of nitrogens with zero attached hydrogens (tertiary/aromatic N) is 1. The Kier molecular flexibility index (Phi) is 9.82. The number of benzene rings is 3. The molecule has 0 bridgehead atoms. The van der Waals surface area contributed by atoms with E-state index in [1.807, 2.05) is 38.1 Å². The monoisotopic (exact) mass is 590 g/mol. The number of hydrogen-bond donors (Lipinski definition) is 3. The second kappa shape index (κ2) is 13.7. The van der Waals surface area contributed by atoms with Crippen molar-refractivity contribution in [1.29, 1.82) is 0 Å². The molecule has 10 nitrogen and oxygen atoms in total. The minimum atomic E-state index is -0.721. The smallest absolute Gasteiger partial charge is 0.329 e. The summed E-state index contributed by atoms with van der Waals surface area (Å²) in [4.78, 5) is 51.4. The highest BCUT2D eigenvalue weighted by Crippen LogP contribution is 2.37. The minimum Gasteiger partial charge on any atom is -0.490 e. The fraction of sp³-hybridized carbons (Fsp3) is 0.226. The van der Waals surface area contributed by atoms with Gasteiger partial charge in [0.25, 0.3) is 11.8 Å². The molecule has 0 saturated carbocycles. The maximum atomic E-state index is 13.0. The van der Waals surface area contributed by atoms with Crippen LogP contribution in [0.4, 0.5) is 16.2 Å². The van der Waals surface area contributed by atoms with Crippen LogP contribution in [0.2, 0.25) is 5.02 Å². The number of anilines is 2. The van der Waals surface area contributed by atoms with Gasteiger partial charge >= 0.3 is 6.03 Å². The van der Waals surface area contributed by atoms with Crippen LogP contribution in [0.25, 0.3) is 6.08 Å². The van der Waals surface area contributed by atoms with Gasteiger partial charge in [0, 0.05) is 11.4 Å². The summed E-state index contributed by atoms with van der Waals surface area (Å²) < 4.78 is 11.4. The average molecular weight is 591 g/mol. The first-order valence-corrected chi connectivity index (χ1v) is 13.7. The van der Waals surface area contributed by atoms with Gasteiger partial charge in [0.2, 0.25) is 5.91 Å². The van der Waals surface area contributed by atoms with Gasteiger partial charge in [-0.25, -0.2) is 9.69 Å². The second-order valence-corrected chi connectivity index (χ2v) is 9.81. The maximum Gasteiger partial charge on any atom is 0.329 e. The molecule has 0 unspecified atom stereocenters. The Balaban J connectivity index is 1.44. The number of hydrogen-bond acceptors (Lipinski definition) is 6. The molecule has 4 rings (SSSR count). The van der Waals surface area contributed by atoms with Crippen LogP contribution in [0.1, 0.15) is 30.5 Å². The Bertz CT molecular complexity index is 1540. The number of nitrogens with one attached hydrogen (secondary N) is 3. The lowest BCUT2D eigenvalue weighted by atomic mass is 10.1. The molecule has 3 aromatic carbocycles. The van der Waals surface area contributed by atoms with Crippen molar-refractivity contribution in [3.63, 3.8) is 0 Å². The maximum absolute atomic E-state index is 13.0. The summed E-state index contributed by atoms with van der Waals surface area (Å²) in [5.41, 5.74) is 3.66. The molecule has 0 atom stereocenters. The summed E-state index contributed by atoms with van der Waals surface area (Å²) in [6.45, 7) is 5.19. The van der Waals surface area contributed by atoms with Crippen LogP contribution in [0.3, 0.4) is 0 Å². The molecule has 0 radical (unpaired) electrons. The molecule has 3 aromatic rings. The van der Waals surface area contributed by atoms with E-state index < -0.39 is 24.4 Å². The van der Waals surface area contributed by atoms with Gasteiger partial charge in [-0.3, -0.25) is 14.4 Å². The number of imide groups is 1. The van der Waals surface area contributed by atoms with Crippen LogP contribution in [-0.2, 0) is 20.8 Å². The van der Waals surface area contributed by atoms with Gasteiger partial charge in [-0.15, -0.1) is 0 Å². The van der Waals surface area contributed by atoms with Crippen LogP contribution in [-0.4, -0.2) is 48.4 Å². The van der Waals surface area contributed by atoms with Gasteiger partial charge in [-0.2, -0.15) is 0 Å². The molecule has 1 aliphatic heterocycles. The lowest BCUT2D eigenvalue weighted by Gasteiger charge is -2.15. The standard InChI is InChI=1S/C31H31ClN4O6/c1-4-21-8-6-7-9-24(21)34-27(37)17-36-30(39)25(35-31(36)40)15-20-14-23(32)29(26(16-20)41-5-2)42-18-28(38)33-22-12-10-19(3)11-13-22/h6-16H,4-5,17-18H2,1-3H3,(H,33,38)(H,34,37)(H,35,40)/b25-15+. The molecule has 1 heterocycles. The van der Waals surface area contributed by atoms with E-state index in [0.29, 0.717) is 23.4 Å². The predicted molar refractivity (Wildman–Crippen MR) is 161 cm³/mol. The third kappa shape index (κ3) is 7.46. The zero-order valence-corrected chi connectivity index (χ0v) is 24.2. The number of ether oxygens (including phenoxy) is 2. The van der Waals surface area contributed by atoms with Crippen LogP contribution in [0, 0.1) is 6.92 Å². The molecule has 42 heavy (non-hydrogen) atoms. The van der Waals surface area contributed by atoms with Gasteiger partial charge < -0.3 is 25.4 Å². The second-order valence-electron chi connectivity index (χ2n) is 9.40. The summed E-state index contributed by atoms with van der Waals surface area (Å²) in [5.74, 6) is -1.14. The topological polar surface area (TPSA) is 126 Å². The molecule has 3 N–H and O–H groups in total. The SMILES string of the molecule is CCOc1cc(/C=C2/NC(=O)N(CC(=O)Nc3ccccc3CC)C2=O)cc(Cl)c1OCC(=O)Nc1ccc(C)cc1. The van der Waals surface area contributed by atoms with Crippen molar-refractivity contribution in [2.75, 3.05) is 30.4 Å². The molecule has 0 aromatic heterocycles. The number of amides is 5. The summed E-state index contributed by atoms with van der Waals surface area (Å²) in [7, 11) is 0. The molecule has 5 amide bonds. The first-order valence-electron chi connectivity index (χ1n) is 13.4. The summed E-state index contributed by atoms with van der Waals surface area (Å²) in [6, 6.07) is 17.0. The summed E-state index contributed by atoms with van der Waals surface area (Å²) in [6.07, 6.45) is 2.13. The first kappa shape index (κ1) is 30.1. The number of carbonyl (C=O) groups is 4. The number of carbonyl (C=O) groups excluding carboxylic acids is 4. The molecular formula is C31H31ClN4O6. The molecular weight excluding hydrogens is 560 g/mol. The highest BCUT2D eigenvalue weighted by molar-refractivity contribution is 6.32. The zero-order valence-electron chi connectivity index (χ0n) is 23.5. The van der Waals surface area contributed by atoms with Crippen molar-refractivity contribution < 1.29 is 28.7 Å². The van der Waals surface area contributed by atoms with Crippen molar-refractivity contribution >= 4 is 52.8 Å². The zero-order chi connectivity index (χ0) is 30.2. The Labute approximate surface area is 248 Å². The van der Waals surface area contributed by atoms with Crippen molar-refractivity contribution in [3.8, 4) is 11.5 Å². The van der Waals surface area contributed by atoms with E-state index in [2.05, 4.69) is 16.0 Å². The number of para-hydroxylation sites is 1. The van der Waals surface area contributed by atoms with E-state index in [4.69, 9.17) is 21.1 Å². The Hall–Kier alpha value is -4.83. The lowest BCUT2D eigenvalue weighted by molar-refractivity contribution is -0.127. The van der Waals surface area contributed by atoms with E-state index in [0.717, 1.165) is 16.0 Å². The van der Waals surface area contributed by atoms with E-state index in [1.165, 1.54) is 12.1 Å². The third-order valence-electron chi connectivity index (χ3n) is 6.26. The molecule has 11 heteroatoms. The first-order chi connectivity index (χ1) is 20.2. The third-order valence-corrected chi connectivity index (χ3v) is 6.54. The molecule has 0 aliphatic carbocycles. The van der Waals surface area contributed by atoms with E-state index >= 15 is 0 Å². The highest BCUT2D eigenvalue weighted by atomic mass is 35.5. The summed E-state index contributed by atoms with van der Waals surface area (Å²) in [5, 5.41) is 8.14.